The normalized spacial score (nSPS) is 16.2. The van der Waals surface area contributed by atoms with Gasteiger partial charge < -0.3 is 9.32 Å². The van der Waals surface area contributed by atoms with E-state index in [1.54, 1.807) is 11.3 Å². The fourth-order valence-electron chi connectivity index (χ4n) is 2.61. The first kappa shape index (κ1) is 15.2. The SMILES string of the molecule is Cc1ccc(C(=O)N2CCN(Cc3nc(C)c(C)o3)CC2)s1. The van der Waals surface area contributed by atoms with Crippen LogP contribution in [-0.4, -0.2) is 46.9 Å². The summed E-state index contributed by atoms with van der Waals surface area (Å²) in [6, 6.07) is 3.93. The van der Waals surface area contributed by atoms with Gasteiger partial charge in [0.15, 0.2) is 0 Å². The molecule has 1 amide bonds. The van der Waals surface area contributed by atoms with Crippen LogP contribution in [0.4, 0.5) is 0 Å². The number of rotatable bonds is 3. The summed E-state index contributed by atoms with van der Waals surface area (Å²) in [6.45, 7) is 9.87. The summed E-state index contributed by atoms with van der Waals surface area (Å²) in [5, 5.41) is 0. The molecule has 0 unspecified atom stereocenters. The Morgan fingerprint density at radius 1 is 1.23 bits per heavy atom. The highest BCUT2D eigenvalue weighted by Crippen LogP contribution is 2.19. The molecule has 1 aliphatic heterocycles. The second-order valence-electron chi connectivity index (χ2n) is 5.73. The summed E-state index contributed by atoms with van der Waals surface area (Å²) in [6.07, 6.45) is 0. The second-order valence-corrected chi connectivity index (χ2v) is 7.02. The number of carbonyl (C=O) groups excluding carboxylic acids is 1. The number of hydrogen-bond donors (Lipinski definition) is 0. The number of aryl methyl sites for hydroxylation is 3. The van der Waals surface area contributed by atoms with E-state index in [0.717, 1.165) is 54.9 Å². The van der Waals surface area contributed by atoms with Gasteiger partial charge in [0.2, 0.25) is 5.89 Å². The standard InChI is InChI=1S/C16H21N3O2S/c1-11-4-5-14(22-11)16(20)19-8-6-18(7-9-19)10-15-17-12(2)13(3)21-15/h4-5H,6-10H2,1-3H3. The van der Waals surface area contributed by atoms with Crippen LogP contribution >= 0.6 is 11.3 Å². The van der Waals surface area contributed by atoms with Crippen LogP contribution in [0.25, 0.3) is 0 Å². The third-order valence-electron chi connectivity index (χ3n) is 4.04. The zero-order valence-corrected chi connectivity index (χ0v) is 14.1. The minimum absolute atomic E-state index is 0.153. The molecule has 0 atom stereocenters. The molecule has 0 aliphatic carbocycles. The van der Waals surface area contributed by atoms with Gasteiger partial charge in [0.1, 0.15) is 5.76 Å². The summed E-state index contributed by atoms with van der Waals surface area (Å²) < 4.78 is 5.63. The number of thiophene rings is 1. The van der Waals surface area contributed by atoms with Gasteiger partial charge in [-0.1, -0.05) is 0 Å². The van der Waals surface area contributed by atoms with E-state index in [4.69, 9.17) is 4.42 Å². The van der Waals surface area contributed by atoms with Crippen LogP contribution in [0.15, 0.2) is 16.5 Å². The highest BCUT2D eigenvalue weighted by molar-refractivity contribution is 7.13. The maximum absolute atomic E-state index is 12.4. The van der Waals surface area contributed by atoms with E-state index in [-0.39, 0.29) is 5.91 Å². The first-order valence-electron chi connectivity index (χ1n) is 7.54. The molecular weight excluding hydrogens is 298 g/mol. The molecule has 5 nitrogen and oxygen atoms in total. The van der Waals surface area contributed by atoms with Crippen molar-refractivity contribution in [2.24, 2.45) is 0 Å². The fourth-order valence-corrected chi connectivity index (χ4v) is 3.45. The van der Waals surface area contributed by atoms with Crippen molar-refractivity contribution in [3.63, 3.8) is 0 Å². The Morgan fingerprint density at radius 2 is 1.95 bits per heavy atom. The molecular formula is C16H21N3O2S. The van der Waals surface area contributed by atoms with E-state index in [1.165, 1.54) is 4.88 Å². The first-order valence-corrected chi connectivity index (χ1v) is 8.35. The zero-order chi connectivity index (χ0) is 15.7. The molecule has 0 spiro atoms. The minimum Gasteiger partial charge on any atom is -0.444 e. The smallest absolute Gasteiger partial charge is 0.264 e. The van der Waals surface area contributed by atoms with Crippen molar-refractivity contribution in [1.29, 1.82) is 0 Å². The Kier molecular flexibility index (Phi) is 4.31. The van der Waals surface area contributed by atoms with E-state index in [9.17, 15) is 4.79 Å². The van der Waals surface area contributed by atoms with Crippen molar-refractivity contribution in [3.05, 3.63) is 39.2 Å². The van der Waals surface area contributed by atoms with Gasteiger partial charge >= 0.3 is 0 Å². The van der Waals surface area contributed by atoms with Crippen LogP contribution in [0.5, 0.6) is 0 Å². The predicted molar refractivity (Wildman–Crippen MR) is 86.2 cm³/mol. The van der Waals surface area contributed by atoms with E-state index >= 15 is 0 Å². The molecule has 3 heterocycles. The number of hydrogen-bond acceptors (Lipinski definition) is 5. The second kappa shape index (κ2) is 6.22. The number of aromatic nitrogens is 1. The van der Waals surface area contributed by atoms with Gasteiger partial charge in [-0.2, -0.15) is 0 Å². The summed E-state index contributed by atoms with van der Waals surface area (Å²) in [4.78, 5) is 23.1. The highest BCUT2D eigenvalue weighted by atomic mass is 32.1. The maximum atomic E-state index is 12.4. The van der Waals surface area contributed by atoms with Crippen LogP contribution in [-0.2, 0) is 6.54 Å². The molecule has 6 heteroatoms. The molecule has 3 rings (SSSR count). The molecule has 2 aromatic heterocycles. The lowest BCUT2D eigenvalue weighted by Gasteiger charge is -2.33. The van der Waals surface area contributed by atoms with E-state index in [0.29, 0.717) is 0 Å². The summed E-state index contributed by atoms with van der Waals surface area (Å²) in [5.41, 5.74) is 0.955. The molecule has 22 heavy (non-hydrogen) atoms. The van der Waals surface area contributed by atoms with E-state index in [1.807, 2.05) is 37.8 Å². The van der Waals surface area contributed by atoms with Gasteiger partial charge in [-0.25, -0.2) is 4.98 Å². The average molecular weight is 319 g/mol. The zero-order valence-electron chi connectivity index (χ0n) is 13.3. The van der Waals surface area contributed by atoms with E-state index in [2.05, 4.69) is 9.88 Å². The third-order valence-corrected chi connectivity index (χ3v) is 5.03. The monoisotopic (exact) mass is 319 g/mol. The maximum Gasteiger partial charge on any atom is 0.264 e. The van der Waals surface area contributed by atoms with Crippen LogP contribution in [0, 0.1) is 20.8 Å². The van der Waals surface area contributed by atoms with Crippen LogP contribution < -0.4 is 0 Å². The lowest BCUT2D eigenvalue weighted by Crippen LogP contribution is -2.48. The summed E-state index contributed by atoms with van der Waals surface area (Å²) in [5.74, 6) is 1.81. The van der Waals surface area contributed by atoms with Crippen molar-refractivity contribution >= 4 is 17.2 Å². The molecule has 0 N–H and O–H groups in total. The van der Waals surface area contributed by atoms with Gasteiger partial charge in [0.05, 0.1) is 17.1 Å². The molecule has 118 valence electrons. The molecule has 0 bridgehead atoms. The molecule has 0 aromatic carbocycles. The Hall–Kier alpha value is -1.66. The number of amides is 1. The molecule has 1 fully saturated rings. The van der Waals surface area contributed by atoms with Crippen LogP contribution in [0.2, 0.25) is 0 Å². The van der Waals surface area contributed by atoms with Gasteiger partial charge in [-0.15, -0.1) is 11.3 Å². The lowest BCUT2D eigenvalue weighted by atomic mass is 10.3. The Morgan fingerprint density at radius 3 is 2.50 bits per heavy atom. The molecule has 0 saturated carbocycles. The lowest BCUT2D eigenvalue weighted by molar-refractivity contribution is 0.0622. The fraction of sp³-hybridized carbons (Fsp3) is 0.500. The van der Waals surface area contributed by atoms with Gasteiger partial charge in [0, 0.05) is 31.1 Å². The van der Waals surface area contributed by atoms with Crippen LogP contribution in [0.1, 0.15) is 31.9 Å². The quantitative estimate of drug-likeness (QED) is 0.872. The molecule has 0 radical (unpaired) electrons. The number of oxazole rings is 1. The number of carbonyl (C=O) groups is 1. The van der Waals surface area contributed by atoms with Gasteiger partial charge in [-0.05, 0) is 32.9 Å². The average Bonchev–Trinajstić information content (AvgIpc) is 3.06. The largest absolute Gasteiger partial charge is 0.444 e. The van der Waals surface area contributed by atoms with Crippen molar-refractivity contribution in [1.82, 2.24) is 14.8 Å². The van der Waals surface area contributed by atoms with Crippen molar-refractivity contribution in [3.8, 4) is 0 Å². The third kappa shape index (κ3) is 3.23. The summed E-state index contributed by atoms with van der Waals surface area (Å²) >= 11 is 1.57. The first-order chi connectivity index (χ1) is 10.5. The van der Waals surface area contributed by atoms with E-state index < -0.39 is 0 Å². The summed E-state index contributed by atoms with van der Waals surface area (Å²) in [7, 11) is 0. The molecule has 1 aliphatic rings. The molecule has 2 aromatic rings. The Labute approximate surface area is 134 Å². The van der Waals surface area contributed by atoms with Gasteiger partial charge in [0.25, 0.3) is 5.91 Å². The number of nitrogens with zero attached hydrogens (tertiary/aromatic N) is 3. The topological polar surface area (TPSA) is 49.6 Å². The van der Waals surface area contributed by atoms with Gasteiger partial charge in [-0.3, -0.25) is 9.69 Å². The predicted octanol–water partition coefficient (Wildman–Crippen LogP) is 2.62. The minimum atomic E-state index is 0.153. The Bertz CT molecular complexity index is 649. The highest BCUT2D eigenvalue weighted by Gasteiger charge is 2.24. The Balaban J connectivity index is 1.55. The molecule has 1 saturated heterocycles. The van der Waals surface area contributed by atoms with Crippen LogP contribution in [0.3, 0.4) is 0 Å². The number of piperazine rings is 1. The van der Waals surface area contributed by atoms with Crippen molar-refractivity contribution in [2.45, 2.75) is 27.3 Å². The van der Waals surface area contributed by atoms with Crippen molar-refractivity contribution < 1.29 is 9.21 Å². The van der Waals surface area contributed by atoms with Crippen molar-refractivity contribution in [2.75, 3.05) is 26.2 Å².